The number of benzene rings is 7. The molecule has 7 aromatic carbocycles. The third kappa shape index (κ3) is 16.9. The van der Waals surface area contributed by atoms with Gasteiger partial charge in [-0.3, -0.25) is 9.36 Å². The lowest BCUT2D eigenvalue weighted by Gasteiger charge is -2.21. The molecular formula is C71H85N9O. The summed E-state index contributed by atoms with van der Waals surface area (Å²) in [6.07, 6.45) is 0. The monoisotopic (exact) mass is 1080 g/mol. The SMILES string of the molecule is Cc1cc(C)n(C)n1.Cc1cc(C)n(C)n1.Cc1ccc(C)n1C.Cc1ccc(N(C)c2cccc3ccccc23)cc1.Cc1ccc(N(C)c2ccccc2)cc1.Cc1ccc2c(c1)C(C)(C)c1ccccc1-2.Cc1nnc(C)o1. The molecule has 0 aliphatic heterocycles. The van der Waals surface area contributed by atoms with Crippen LogP contribution in [-0.2, 0) is 26.6 Å². The molecule has 12 rings (SSSR count). The van der Waals surface area contributed by atoms with Gasteiger partial charge < -0.3 is 18.8 Å². The third-order valence-electron chi connectivity index (χ3n) is 14.6. The highest BCUT2D eigenvalue weighted by atomic mass is 16.4. The van der Waals surface area contributed by atoms with Crippen LogP contribution in [0.4, 0.5) is 22.7 Å². The van der Waals surface area contributed by atoms with Gasteiger partial charge in [-0.2, -0.15) is 10.2 Å². The van der Waals surface area contributed by atoms with Crippen molar-refractivity contribution in [3.63, 3.8) is 0 Å². The molecule has 0 unspecified atom stereocenters. The van der Waals surface area contributed by atoms with Crippen LogP contribution in [-0.4, -0.2) is 48.4 Å². The number of rotatable bonds is 4. The number of hydrogen-bond donors (Lipinski definition) is 0. The summed E-state index contributed by atoms with van der Waals surface area (Å²) in [5.41, 5.74) is 21.9. The molecular weight excluding hydrogens is 995 g/mol. The number of aromatic nitrogens is 7. The zero-order valence-corrected chi connectivity index (χ0v) is 51.3. The van der Waals surface area contributed by atoms with Gasteiger partial charge in [-0.15, -0.1) is 10.2 Å². The molecule has 0 radical (unpaired) electrons. The molecule has 11 aromatic rings. The van der Waals surface area contributed by atoms with Crippen LogP contribution in [0.15, 0.2) is 192 Å². The Morgan fingerprint density at radius 2 is 0.840 bits per heavy atom. The van der Waals surface area contributed by atoms with Crippen LogP contribution >= 0.6 is 0 Å². The molecule has 0 amide bonds. The summed E-state index contributed by atoms with van der Waals surface area (Å²) in [7, 11) is 10.2. The minimum absolute atomic E-state index is 0.151. The molecule has 0 atom stereocenters. The van der Waals surface area contributed by atoms with E-state index in [9.17, 15) is 0 Å². The first-order chi connectivity index (χ1) is 38.5. The van der Waals surface area contributed by atoms with Gasteiger partial charge in [0.1, 0.15) is 0 Å². The molecule has 0 saturated heterocycles. The van der Waals surface area contributed by atoms with Crippen LogP contribution in [0.25, 0.3) is 21.9 Å². The lowest BCUT2D eigenvalue weighted by atomic mass is 9.82. The zero-order valence-electron chi connectivity index (χ0n) is 51.3. The highest BCUT2D eigenvalue weighted by Gasteiger charge is 2.34. The first-order valence-electron chi connectivity index (χ1n) is 27.7. The van der Waals surface area contributed by atoms with E-state index in [1.165, 1.54) is 95.2 Å². The molecule has 81 heavy (non-hydrogen) atoms. The van der Waals surface area contributed by atoms with Gasteiger partial charge >= 0.3 is 0 Å². The van der Waals surface area contributed by atoms with Gasteiger partial charge in [0.2, 0.25) is 11.8 Å². The molecule has 0 N–H and O–H groups in total. The summed E-state index contributed by atoms with van der Waals surface area (Å²) in [5.74, 6) is 1.25. The molecule has 0 bridgehead atoms. The van der Waals surface area contributed by atoms with Gasteiger partial charge in [-0.25, -0.2) is 0 Å². The first-order valence-corrected chi connectivity index (χ1v) is 27.7. The molecule has 4 heterocycles. The second kappa shape index (κ2) is 28.4. The van der Waals surface area contributed by atoms with Crippen LogP contribution < -0.4 is 9.80 Å². The number of nitrogens with zero attached hydrogens (tertiary/aromatic N) is 9. The fourth-order valence-electron chi connectivity index (χ4n) is 9.41. The van der Waals surface area contributed by atoms with Gasteiger partial charge in [0.15, 0.2) is 0 Å². The maximum absolute atomic E-state index is 4.86. The minimum atomic E-state index is 0.151. The molecule has 0 spiro atoms. The Labute approximate surface area is 483 Å². The molecule has 10 nitrogen and oxygen atoms in total. The predicted molar refractivity (Wildman–Crippen MR) is 342 cm³/mol. The van der Waals surface area contributed by atoms with Crippen molar-refractivity contribution < 1.29 is 4.42 Å². The maximum Gasteiger partial charge on any atom is 0.213 e. The predicted octanol–water partition coefficient (Wildman–Crippen LogP) is 17.4. The lowest BCUT2D eigenvalue weighted by Crippen LogP contribution is -2.14. The summed E-state index contributed by atoms with van der Waals surface area (Å²) in [5, 5.41) is 18.0. The zero-order chi connectivity index (χ0) is 59.0. The Kier molecular flexibility index (Phi) is 21.5. The van der Waals surface area contributed by atoms with Crippen molar-refractivity contribution in [3.8, 4) is 11.1 Å². The summed E-state index contributed by atoms with van der Waals surface area (Å²) >= 11 is 0. The number of hydrogen-bond acceptors (Lipinski definition) is 7. The Hall–Kier alpha value is -8.76. The summed E-state index contributed by atoms with van der Waals surface area (Å²) < 4.78 is 10.8. The van der Waals surface area contributed by atoms with Gasteiger partial charge in [0, 0.05) is 105 Å². The quantitative estimate of drug-likeness (QED) is 0.174. The summed E-state index contributed by atoms with van der Waals surface area (Å²) in [4.78, 5) is 4.42. The fraction of sp³-hybridized carbons (Fsp3) is 0.268. The second-order valence-electron chi connectivity index (χ2n) is 21.5. The van der Waals surface area contributed by atoms with E-state index in [0.29, 0.717) is 11.8 Å². The van der Waals surface area contributed by atoms with Crippen molar-refractivity contribution in [3.05, 3.63) is 262 Å². The molecule has 1 aliphatic rings. The minimum Gasteiger partial charge on any atom is -0.426 e. The van der Waals surface area contributed by atoms with Crippen molar-refractivity contribution in [2.45, 2.75) is 95.4 Å². The van der Waals surface area contributed by atoms with Crippen LogP contribution in [0.1, 0.15) is 87.6 Å². The maximum atomic E-state index is 4.86. The van der Waals surface area contributed by atoms with Crippen LogP contribution in [0.2, 0.25) is 0 Å². The first kappa shape index (κ1) is 61.5. The van der Waals surface area contributed by atoms with E-state index in [0.717, 1.165) is 11.4 Å². The van der Waals surface area contributed by atoms with Gasteiger partial charge in [-0.05, 0) is 157 Å². The van der Waals surface area contributed by atoms with Gasteiger partial charge in [0.05, 0.1) is 11.4 Å². The normalized spacial score (nSPS) is 11.2. The van der Waals surface area contributed by atoms with E-state index >= 15 is 0 Å². The van der Waals surface area contributed by atoms with Crippen molar-refractivity contribution in [2.75, 3.05) is 23.9 Å². The average molecular weight is 1080 g/mol. The second-order valence-corrected chi connectivity index (χ2v) is 21.5. The van der Waals surface area contributed by atoms with Gasteiger partial charge in [0.25, 0.3) is 0 Å². The van der Waals surface area contributed by atoms with E-state index in [4.69, 9.17) is 4.42 Å². The highest BCUT2D eigenvalue weighted by Crippen LogP contribution is 2.48. The van der Waals surface area contributed by atoms with E-state index in [1.54, 1.807) is 13.8 Å². The van der Waals surface area contributed by atoms with Gasteiger partial charge in [-0.1, -0.05) is 152 Å². The van der Waals surface area contributed by atoms with Crippen molar-refractivity contribution in [1.29, 1.82) is 0 Å². The topological polar surface area (TPSA) is 86.0 Å². The lowest BCUT2D eigenvalue weighted by molar-refractivity contribution is 0.489. The average Bonchev–Trinajstić information content (AvgIpc) is 4.44. The van der Waals surface area contributed by atoms with Crippen molar-refractivity contribution in [2.24, 2.45) is 21.1 Å². The smallest absolute Gasteiger partial charge is 0.213 e. The Balaban J connectivity index is 0.000000157. The Bertz CT molecular complexity index is 3580. The van der Waals surface area contributed by atoms with Crippen LogP contribution in [0.5, 0.6) is 0 Å². The Morgan fingerprint density at radius 1 is 0.395 bits per heavy atom. The standard InChI is InChI=1S/C18H17N.C16H16.C14H15N.C7H11N.2C6H10N2.C4H6N2O/c1-14-10-12-16(13-11-14)19(2)18-9-5-7-15-6-3-4-8-17(15)18;1-11-8-9-13-12-6-4-5-7-14(12)16(2,3)15(13)10-11;1-12-8-10-14(11-9-12)15(2)13-6-4-3-5-7-13;1-6-4-5-7(2)8(6)3;2*1-5-4-6(2)8(3)7-5;1-3-5-6-4(2)7-3/h3-13H,1-2H3;4-10H,1-3H3;3-11H,1-2H3;4-5H,1-3H3;2*4H,1-3H3;1-2H3. The molecule has 10 heteroatoms. The fourth-order valence-corrected chi connectivity index (χ4v) is 9.41. The number of anilines is 4. The molecule has 1 aliphatic carbocycles. The highest BCUT2D eigenvalue weighted by molar-refractivity contribution is 5.96. The van der Waals surface area contributed by atoms with Crippen LogP contribution in [0, 0.1) is 76.2 Å². The third-order valence-corrected chi connectivity index (χ3v) is 14.6. The molecule has 0 fully saturated rings. The van der Waals surface area contributed by atoms with E-state index in [1.807, 2.05) is 57.2 Å². The number of aryl methyl sites for hydroxylation is 13. The number of para-hydroxylation sites is 1. The van der Waals surface area contributed by atoms with E-state index < -0.39 is 0 Å². The van der Waals surface area contributed by atoms with E-state index in [-0.39, 0.29) is 5.41 Å². The van der Waals surface area contributed by atoms with Crippen LogP contribution in [0.3, 0.4) is 0 Å². The summed E-state index contributed by atoms with van der Waals surface area (Å²) in [6, 6.07) is 66.4. The molecule has 0 saturated carbocycles. The van der Waals surface area contributed by atoms with E-state index in [2.05, 4.69) is 286 Å². The Morgan fingerprint density at radius 3 is 1.30 bits per heavy atom. The number of fused-ring (bicyclic) bond motifs is 4. The van der Waals surface area contributed by atoms with Crippen molar-refractivity contribution in [1.82, 2.24) is 34.3 Å². The molecule has 420 valence electrons. The van der Waals surface area contributed by atoms with Crippen molar-refractivity contribution >= 4 is 33.5 Å². The largest absolute Gasteiger partial charge is 0.426 e. The molecule has 4 aromatic heterocycles. The summed E-state index contributed by atoms with van der Waals surface area (Å²) in [6.45, 7) is 26.8.